The largest absolute Gasteiger partial charge is 0.343 e. The number of carbonyl (C=O) groups is 2. The normalized spacial score (nSPS) is 10.4. The molecule has 3 rings (SSSR count). The summed E-state index contributed by atoms with van der Waals surface area (Å²) in [4.78, 5) is 42.1. The number of rotatable bonds is 6. The molecule has 0 aliphatic heterocycles. The number of H-pyrrole nitrogens is 1. The zero-order valence-corrected chi connectivity index (χ0v) is 15.9. The smallest absolute Gasteiger partial charge is 0.270 e. The first kappa shape index (κ1) is 19.7. The van der Waals surface area contributed by atoms with E-state index in [1.165, 1.54) is 18.2 Å². The van der Waals surface area contributed by atoms with Crippen LogP contribution in [0.3, 0.4) is 0 Å². The lowest BCUT2D eigenvalue weighted by Gasteiger charge is -2.08. The molecule has 0 unspecified atom stereocenters. The van der Waals surface area contributed by atoms with Crippen molar-refractivity contribution in [2.45, 2.75) is 13.8 Å². The van der Waals surface area contributed by atoms with Crippen molar-refractivity contribution in [3.05, 3.63) is 75.6 Å². The van der Waals surface area contributed by atoms with Crippen molar-refractivity contribution in [2.75, 3.05) is 11.9 Å². The van der Waals surface area contributed by atoms with E-state index in [-0.39, 0.29) is 17.8 Å². The molecular formula is C20H19N5O4. The zero-order chi connectivity index (χ0) is 21.0. The van der Waals surface area contributed by atoms with Crippen LogP contribution in [0, 0.1) is 24.0 Å². The second-order valence-corrected chi connectivity index (χ2v) is 6.41. The number of hydrogen-bond donors (Lipinski definition) is 3. The van der Waals surface area contributed by atoms with Crippen LogP contribution in [0.25, 0.3) is 11.4 Å². The topological polar surface area (TPSA) is 130 Å². The highest BCUT2D eigenvalue weighted by atomic mass is 16.6. The van der Waals surface area contributed by atoms with Crippen molar-refractivity contribution in [2.24, 2.45) is 0 Å². The summed E-state index contributed by atoms with van der Waals surface area (Å²) in [6, 6.07) is 12.5. The molecule has 0 aliphatic rings. The molecular weight excluding hydrogens is 374 g/mol. The third-order valence-corrected chi connectivity index (χ3v) is 4.28. The van der Waals surface area contributed by atoms with Gasteiger partial charge >= 0.3 is 0 Å². The van der Waals surface area contributed by atoms with Crippen molar-refractivity contribution < 1.29 is 14.5 Å². The molecule has 148 valence electrons. The van der Waals surface area contributed by atoms with E-state index in [2.05, 4.69) is 20.6 Å². The third-order valence-electron chi connectivity index (χ3n) is 4.28. The number of nitrogens with zero attached hydrogens (tertiary/aromatic N) is 2. The lowest BCUT2D eigenvalue weighted by molar-refractivity contribution is -0.384. The summed E-state index contributed by atoms with van der Waals surface area (Å²) < 4.78 is 0. The highest BCUT2D eigenvalue weighted by molar-refractivity contribution is 5.99. The van der Waals surface area contributed by atoms with Crippen LogP contribution in [0.4, 0.5) is 11.4 Å². The van der Waals surface area contributed by atoms with E-state index in [9.17, 15) is 19.7 Å². The van der Waals surface area contributed by atoms with E-state index in [1.807, 2.05) is 19.9 Å². The van der Waals surface area contributed by atoms with Gasteiger partial charge in [0, 0.05) is 34.6 Å². The van der Waals surface area contributed by atoms with E-state index in [0.717, 1.165) is 23.0 Å². The number of imidazole rings is 1. The van der Waals surface area contributed by atoms with Gasteiger partial charge in [-0.15, -0.1) is 0 Å². The van der Waals surface area contributed by atoms with Gasteiger partial charge in [0.05, 0.1) is 17.2 Å². The van der Waals surface area contributed by atoms with Crippen LogP contribution in [-0.2, 0) is 4.79 Å². The third kappa shape index (κ3) is 4.83. The van der Waals surface area contributed by atoms with E-state index in [4.69, 9.17) is 0 Å². The zero-order valence-electron chi connectivity index (χ0n) is 15.9. The van der Waals surface area contributed by atoms with Crippen LogP contribution in [0.5, 0.6) is 0 Å². The average Bonchev–Trinajstić information content (AvgIpc) is 3.05. The summed E-state index contributed by atoms with van der Waals surface area (Å²) in [5, 5.41) is 16.0. The monoisotopic (exact) mass is 393 g/mol. The first-order valence-corrected chi connectivity index (χ1v) is 8.79. The summed E-state index contributed by atoms with van der Waals surface area (Å²) in [6.07, 6.45) is 0. The summed E-state index contributed by atoms with van der Waals surface area (Å²) in [6.45, 7) is 3.57. The fraction of sp³-hybridized carbons (Fsp3) is 0.150. The fourth-order valence-electron chi connectivity index (χ4n) is 2.66. The van der Waals surface area contributed by atoms with Gasteiger partial charge in [-0.25, -0.2) is 4.98 Å². The van der Waals surface area contributed by atoms with Crippen LogP contribution in [-0.4, -0.2) is 33.3 Å². The van der Waals surface area contributed by atoms with Crippen molar-refractivity contribution in [1.29, 1.82) is 0 Å². The molecule has 3 N–H and O–H groups in total. The van der Waals surface area contributed by atoms with Crippen LogP contribution < -0.4 is 10.6 Å². The second kappa shape index (κ2) is 8.34. The summed E-state index contributed by atoms with van der Waals surface area (Å²) in [5.41, 5.74) is 3.17. The fourth-order valence-corrected chi connectivity index (χ4v) is 2.66. The summed E-state index contributed by atoms with van der Waals surface area (Å²) in [5.74, 6) is -0.290. The number of amides is 2. The van der Waals surface area contributed by atoms with Crippen LogP contribution in [0.2, 0.25) is 0 Å². The van der Waals surface area contributed by atoms with E-state index < -0.39 is 16.7 Å². The molecule has 9 nitrogen and oxygen atoms in total. The predicted octanol–water partition coefficient (Wildman–Crippen LogP) is 2.97. The molecule has 3 aromatic rings. The molecule has 0 atom stereocenters. The Bertz CT molecular complexity index is 1070. The molecule has 0 spiro atoms. The number of nitro benzene ring substituents is 1. The molecule has 0 saturated carbocycles. The van der Waals surface area contributed by atoms with Gasteiger partial charge in [-0.05, 0) is 32.0 Å². The average molecular weight is 393 g/mol. The molecule has 0 saturated heterocycles. The Hall–Kier alpha value is -4.01. The number of carbonyl (C=O) groups excluding carboxylic acids is 2. The summed E-state index contributed by atoms with van der Waals surface area (Å²) in [7, 11) is 0. The maximum atomic E-state index is 12.2. The van der Waals surface area contributed by atoms with Gasteiger partial charge in [0.15, 0.2) is 0 Å². The van der Waals surface area contributed by atoms with Gasteiger partial charge in [0.1, 0.15) is 5.82 Å². The number of aromatic amines is 1. The maximum Gasteiger partial charge on any atom is 0.270 e. The van der Waals surface area contributed by atoms with Crippen molar-refractivity contribution in [3.63, 3.8) is 0 Å². The number of aryl methyl sites for hydroxylation is 2. The lowest BCUT2D eigenvalue weighted by Crippen LogP contribution is -2.32. The van der Waals surface area contributed by atoms with Gasteiger partial charge in [-0.1, -0.05) is 18.2 Å². The molecule has 0 fully saturated rings. The van der Waals surface area contributed by atoms with Crippen LogP contribution in [0.15, 0.2) is 48.5 Å². The van der Waals surface area contributed by atoms with Crippen molar-refractivity contribution >= 4 is 23.2 Å². The number of hydrogen-bond acceptors (Lipinski definition) is 5. The maximum absolute atomic E-state index is 12.2. The molecule has 0 bridgehead atoms. The minimum atomic E-state index is -0.585. The number of nitrogens with one attached hydrogen (secondary N) is 3. The SMILES string of the molecule is Cc1nc(-c2cccc(NC(=O)CNC(=O)c3cccc([N+](=O)[O-])c3)c2)[nH]c1C. The predicted molar refractivity (Wildman–Crippen MR) is 108 cm³/mol. The van der Waals surface area contributed by atoms with Crippen molar-refractivity contribution in [1.82, 2.24) is 15.3 Å². The molecule has 9 heteroatoms. The van der Waals surface area contributed by atoms with Crippen LogP contribution >= 0.6 is 0 Å². The standard InChI is InChI=1S/C20H19N5O4/c1-12-13(2)23-19(22-12)14-5-3-7-16(9-14)24-18(26)11-21-20(27)15-6-4-8-17(10-15)25(28)29/h3-10H,11H2,1-2H3,(H,21,27)(H,22,23)(H,24,26). The Kier molecular flexibility index (Phi) is 5.68. The highest BCUT2D eigenvalue weighted by Crippen LogP contribution is 2.21. The van der Waals surface area contributed by atoms with E-state index >= 15 is 0 Å². The lowest BCUT2D eigenvalue weighted by atomic mass is 10.2. The number of nitro groups is 1. The number of anilines is 1. The molecule has 2 amide bonds. The number of non-ortho nitro benzene ring substituents is 1. The van der Waals surface area contributed by atoms with Gasteiger partial charge < -0.3 is 15.6 Å². The van der Waals surface area contributed by atoms with Gasteiger partial charge in [0.25, 0.3) is 11.6 Å². The second-order valence-electron chi connectivity index (χ2n) is 6.41. The molecule has 1 aromatic heterocycles. The Morgan fingerprint density at radius 1 is 1.14 bits per heavy atom. The Morgan fingerprint density at radius 2 is 1.90 bits per heavy atom. The van der Waals surface area contributed by atoms with Crippen LogP contribution in [0.1, 0.15) is 21.7 Å². The van der Waals surface area contributed by atoms with Gasteiger partial charge in [-0.2, -0.15) is 0 Å². The molecule has 2 aromatic carbocycles. The minimum Gasteiger partial charge on any atom is -0.343 e. The van der Waals surface area contributed by atoms with E-state index in [1.54, 1.807) is 18.2 Å². The first-order valence-electron chi connectivity index (χ1n) is 8.79. The Labute approximate surface area is 166 Å². The Balaban J connectivity index is 1.61. The van der Waals surface area contributed by atoms with E-state index in [0.29, 0.717) is 11.5 Å². The summed E-state index contributed by atoms with van der Waals surface area (Å²) >= 11 is 0. The number of benzene rings is 2. The van der Waals surface area contributed by atoms with Crippen molar-refractivity contribution in [3.8, 4) is 11.4 Å². The molecule has 1 heterocycles. The Morgan fingerprint density at radius 3 is 2.59 bits per heavy atom. The first-order chi connectivity index (χ1) is 13.8. The van der Waals surface area contributed by atoms with Gasteiger partial charge in [-0.3, -0.25) is 19.7 Å². The minimum absolute atomic E-state index is 0.109. The molecule has 0 aliphatic carbocycles. The molecule has 0 radical (unpaired) electrons. The number of aromatic nitrogens is 2. The van der Waals surface area contributed by atoms with Gasteiger partial charge in [0.2, 0.25) is 5.91 Å². The highest BCUT2D eigenvalue weighted by Gasteiger charge is 2.13. The quantitative estimate of drug-likeness (QED) is 0.438. The molecule has 29 heavy (non-hydrogen) atoms.